The van der Waals surface area contributed by atoms with Gasteiger partial charge in [-0.15, -0.1) is 10.2 Å². The largest absolute Gasteiger partial charge is 0.396 e. The van der Waals surface area contributed by atoms with E-state index in [4.69, 9.17) is 0 Å². The first kappa shape index (κ1) is 16.2. The van der Waals surface area contributed by atoms with Crippen molar-refractivity contribution in [2.45, 2.75) is 57.9 Å². The Bertz CT molecular complexity index is 452. The van der Waals surface area contributed by atoms with E-state index in [0.717, 1.165) is 50.0 Å². The van der Waals surface area contributed by atoms with Gasteiger partial charge in [0.1, 0.15) is 5.01 Å². The van der Waals surface area contributed by atoms with Crippen molar-refractivity contribution < 1.29 is 9.90 Å². The highest BCUT2D eigenvalue weighted by molar-refractivity contribution is 7.15. The molecule has 1 aromatic rings. The van der Waals surface area contributed by atoms with Crippen LogP contribution in [0.3, 0.4) is 0 Å². The van der Waals surface area contributed by atoms with Crippen molar-refractivity contribution in [3.05, 3.63) is 5.01 Å². The van der Waals surface area contributed by atoms with Crippen molar-refractivity contribution in [2.24, 2.45) is 5.92 Å². The molecule has 1 aliphatic rings. The fourth-order valence-corrected chi connectivity index (χ4v) is 3.43. The summed E-state index contributed by atoms with van der Waals surface area (Å²) in [6, 6.07) is -0.199. The molecular weight excluding hydrogens is 288 g/mol. The average Bonchev–Trinajstić information content (AvgIpc) is 2.93. The fourth-order valence-electron chi connectivity index (χ4n) is 2.65. The SMILES string of the molecule is CCCCc1nnc(NC(=O)NC2CCCCC2CO)s1. The zero-order valence-corrected chi connectivity index (χ0v) is 13.3. The highest BCUT2D eigenvalue weighted by atomic mass is 32.1. The lowest BCUT2D eigenvalue weighted by Gasteiger charge is -2.30. The van der Waals surface area contributed by atoms with Crippen LogP contribution in [0.4, 0.5) is 9.93 Å². The van der Waals surface area contributed by atoms with E-state index in [1.54, 1.807) is 0 Å². The molecule has 2 unspecified atom stereocenters. The smallest absolute Gasteiger partial charge is 0.321 e. The van der Waals surface area contributed by atoms with Gasteiger partial charge in [0.05, 0.1) is 0 Å². The summed E-state index contributed by atoms with van der Waals surface area (Å²) in [5, 5.41) is 24.6. The molecule has 7 heteroatoms. The van der Waals surface area contributed by atoms with Crippen LogP contribution < -0.4 is 10.6 Å². The molecule has 6 nitrogen and oxygen atoms in total. The Hall–Kier alpha value is -1.21. The van der Waals surface area contributed by atoms with Crippen molar-refractivity contribution in [3.8, 4) is 0 Å². The maximum Gasteiger partial charge on any atom is 0.321 e. The minimum atomic E-state index is -0.251. The number of amides is 2. The Morgan fingerprint density at radius 2 is 2.19 bits per heavy atom. The Balaban J connectivity index is 1.82. The number of carbonyl (C=O) groups excluding carboxylic acids is 1. The summed E-state index contributed by atoms with van der Waals surface area (Å²) >= 11 is 1.43. The molecule has 1 aliphatic carbocycles. The van der Waals surface area contributed by atoms with Gasteiger partial charge in [-0.3, -0.25) is 5.32 Å². The molecule has 0 aromatic carbocycles. The van der Waals surface area contributed by atoms with E-state index in [-0.39, 0.29) is 24.6 Å². The number of aryl methyl sites for hydroxylation is 1. The van der Waals surface area contributed by atoms with Gasteiger partial charge in [-0.2, -0.15) is 0 Å². The molecule has 1 fully saturated rings. The molecule has 0 spiro atoms. The number of hydrogen-bond acceptors (Lipinski definition) is 5. The van der Waals surface area contributed by atoms with Gasteiger partial charge in [0.2, 0.25) is 5.13 Å². The number of aliphatic hydroxyl groups is 1. The lowest BCUT2D eigenvalue weighted by molar-refractivity contribution is 0.156. The number of carbonyl (C=O) groups is 1. The van der Waals surface area contributed by atoms with Gasteiger partial charge in [-0.25, -0.2) is 4.79 Å². The van der Waals surface area contributed by atoms with Crippen LogP contribution in [-0.2, 0) is 6.42 Å². The van der Waals surface area contributed by atoms with Crippen LogP contribution in [-0.4, -0.2) is 34.0 Å². The molecule has 1 aromatic heterocycles. The first-order valence-corrected chi connectivity index (χ1v) is 8.55. The summed E-state index contributed by atoms with van der Waals surface area (Å²) in [5.74, 6) is 0.166. The van der Waals surface area contributed by atoms with Gasteiger partial charge in [-0.05, 0) is 19.3 Å². The second-order valence-corrected chi connectivity index (χ2v) is 6.60. The Morgan fingerprint density at radius 1 is 1.38 bits per heavy atom. The van der Waals surface area contributed by atoms with Gasteiger partial charge in [-0.1, -0.05) is 37.5 Å². The number of aliphatic hydroxyl groups excluding tert-OH is 1. The second kappa shape index (κ2) is 8.29. The third-order valence-corrected chi connectivity index (χ3v) is 4.79. The zero-order chi connectivity index (χ0) is 15.1. The zero-order valence-electron chi connectivity index (χ0n) is 12.5. The van der Waals surface area contributed by atoms with Crippen molar-refractivity contribution in [3.63, 3.8) is 0 Å². The van der Waals surface area contributed by atoms with Gasteiger partial charge < -0.3 is 10.4 Å². The normalized spacial score (nSPS) is 22.0. The van der Waals surface area contributed by atoms with Gasteiger partial charge in [0, 0.05) is 25.0 Å². The van der Waals surface area contributed by atoms with Crippen LogP contribution in [0.2, 0.25) is 0 Å². The molecule has 0 bridgehead atoms. The summed E-state index contributed by atoms with van der Waals surface area (Å²) in [7, 11) is 0. The molecule has 21 heavy (non-hydrogen) atoms. The molecular formula is C14H24N4O2S. The van der Waals surface area contributed by atoms with Crippen molar-refractivity contribution >= 4 is 22.5 Å². The Labute approximate surface area is 129 Å². The molecule has 0 radical (unpaired) electrons. The molecule has 3 N–H and O–H groups in total. The van der Waals surface area contributed by atoms with Crippen LogP contribution in [0, 0.1) is 5.92 Å². The van der Waals surface area contributed by atoms with E-state index >= 15 is 0 Å². The van der Waals surface area contributed by atoms with Crippen LogP contribution in [0.25, 0.3) is 0 Å². The van der Waals surface area contributed by atoms with Crippen molar-refractivity contribution in [1.29, 1.82) is 0 Å². The number of rotatable bonds is 6. The van der Waals surface area contributed by atoms with E-state index in [1.165, 1.54) is 11.3 Å². The molecule has 2 amide bonds. The van der Waals surface area contributed by atoms with Crippen LogP contribution in [0.5, 0.6) is 0 Å². The third-order valence-electron chi connectivity index (χ3n) is 3.89. The molecule has 1 saturated carbocycles. The Morgan fingerprint density at radius 3 is 2.95 bits per heavy atom. The predicted molar refractivity (Wildman–Crippen MR) is 83.5 cm³/mol. The summed E-state index contributed by atoms with van der Waals surface area (Å²) < 4.78 is 0. The van der Waals surface area contributed by atoms with E-state index < -0.39 is 0 Å². The first-order valence-electron chi connectivity index (χ1n) is 7.73. The van der Waals surface area contributed by atoms with Crippen LogP contribution >= 0.6 is 11.3 Å². The minimum absolute atomic E-state index is 0.0521. The number of aromatic nitrogens is 2. The maximum atomic E-state index is 12.0. The van der Waals surface area contributed by atoms with E-state index in [2.05, 4.69) is 27.8 Å². The molecule has 0 aliphatic heterocycles. The Kier molecular flexibility index (Phi) is 6.38. The van der Waals surface area contributed by atoms with Gasteiger partial charge in [0.25, 0.3) is 0 Å². The molecule has 2 rings (SSSR count). The summed E-state index contributed by atoms with van der Waals surface area (Å²) in [6.45, 7) is 2.26. The third kappa shape index (κ3) is 4.93. The monoisotopic (exact) mass is 312 g/mol. The summed E-state index contributed by atoms with van der Waals surface area (Å²) in [4.78, 5) is 12.0. The quantitative estimate of drug-likeness (QED) is 0.753. The number of unbranched alkanes of at least 4 members (excludes halogenated alkanes) is 1. The lowest BCUT2D eigenvalue weighted by atomic mass is 9.85. The fraction of sp³-hybridized carbons (Fsp3) is 0.786. The average molecular weight is 312 g/mol. The standard InChI is InChI=1S/C14H24N4O2S/c1-2-3-8-12-17-18-14(21-12)16-13(20)15-11-7-5-4-6-10(11)9-19/h10-11,19H,2-9H2,1H3,(H2,15,16,18,20). The molecule has 0 saturated heterocycles. The topological polar surface area (TPSA) is 87.1 Å². The number of nitrogens with one attached hydrogen (secondary N) is 2. The van der Waals surface area contributed by atoms with Gasteiger partial charge >= 0.3 is 6.03 Å². The maximum absolute atomic E-state index is 12.0. The molecule has 1 heterocycles. The summed E-state index contributed by atoms with van der Waals surface area (Å²) in [5.41, 5.74) is 0. The highest BCUT2D eigenvalue weighted by Gasteiger charge is 2.26. The summed E-state index contributed by atoms with van der Waals surface area (Å²) in [6.07, 6.45) is 7.24. The van der Waals surface area contributed by atoms with Crippen molar-refractivity contribution in [2.75, 3.05) is 11.9 Å². The number of nitrogens with zero attached hydrogens (tertiary/aromatic N) is 2. The highest BCUT2D eigenvalue weighted by Crippen LogP contribution is 2.24. The molecule has 118 valence electrons. The van der Waals surface area contributed by atoms with E-state index in [9.17, 15) is 9.90 Å². The number of anilines is 1. The molecule has 2 atom stereocenters. The first-order chi connectivity index (χ1) is 10.2. The van der Waals surface area contributed by atoms with Crippen molar-refractivity contribution in [1.82, 2.24) is 15.5 Å². The number of hydrogen-bond donors (Lipinski definition) is 3. The number of urea groups is 1. The van der Waals surface area contributed by atoms with Gasteiger partial charge in [0.15, 0.2) is 0 Å². The van der Waals surface area contributed by atoms with E-state index in [0.29, 0.717) is 5.13 Å². The van der Waals surface area contributed by atoms with E-state index in [1.807, 2.05) is 0 Å². The lowest BCUT2D eigenvalue weighted by Crippen LogP contribution is -2.45. The van der Waals surface area contributed by atoms with Crippen LogP contribution in [0.1, 0.15) is 50.5 Å². The second-order valence-electron chi connectivity index (χ2n) is 5.54. The van der Waals surface area contributed by atoms with Crippen LogP contribution in [0.15, 0.2) is 0 Å². The predicted octanol–water partition coefficient (Wildman–Crippen LogP) is 2.55. The minimum Gasteiger partial charge on any atom is -0.396 e.